The fourth-order valence-corrected chi connectivity index (χ4v) is 4.27. The molecule has 0 spiro atoms. The van der Waals surface area contributed by atoms with Crippen LogP contribution in [0.2, 0.25) is 0 Å². The molecule has 0 radical (unpaired) electrons. The fraction of sp³-hybridized carbons (Fsp3) is 0.600. The highest BCUT2D eigenvalue weighted by Crippen LogP contribution is 2.26. The number of rotatable bonds is 5. The van der Waals surface area contributed by atoms with Crippen molar-refractivity contribution in [3.05, 3.63) is 29.6 Å². The lowest BCUT2D eigenvalue weighted by atomic mass is 9.87. The minimum atomic E-state index is -3.80. The van der Waals surface area contributed by atoms with Crippen LogP contribution in [0.15, 0.2) is 23.1 Å². The van der Waals surface area contributed by atoms with E-state index in [0.29, 0.717) is 12.5 Å². The summed E-state index contributed by atoms with van der Waals surface area (Å²) >= 11 is 0. The third-order valence-electron chi connectivity index (χ3n) is 4.08. The molecule has 2 N–H and O–H groups in total. The average molecular weight is 314 g/mol. The molecular weight excluding hydrogens is 291 g/mol. The smallest absolute Gasteiger partial charge is 0.243 e. The van der Waals surface area contributed by atoms with Crippen LogP contribution in [0.4, 0.5) is 4.39 Å². The molecule has 2 unspecified atom stereocenters. The summed E-state index contributed by atoms with van der Waals surface area (Å²) in [6.45, 7) is 2.54. The van der Waals surface area contributed by atoms with Crippen molar-refractivity contribution < 1.29 is 12.8 Å². The van der Waals surface area contributed by atoms with Crippen LogP contribution < -0.4 is 10.0 Å². The van der Waals surface area contributed by atoms with Crippen LogP contribution in [0, 0.1) is 11.7 Å². The van der Waals surface area contributed by atoms with Crippen LogP contribution >= 0.6 is 0 Å². The van der Waals surface area contributed by atoms with E-state index in [1.165, 1.54) is 12.1 Å². The Labute approximate surface area is 126 Å². The zero-order chi connectivity index (χ0) is 15.5. The van der Waals surface area contributed by atoms with E-state index in [1.54, 1.807) is 13.1 Å². The molecule has 6 heteroatoms. The fourth-order valence-electron chi connectivity index (χ4n) is 2.83. The second-order valence-corrected chi connectivity index (χ2v) is 7.47. The number of nitrogens with one attached hydrogen (secondary N) is 2. The van der Waals surface area contributed by atoms with Gasteiger partial charge < -0.3 is 5.32 Å². The normalized spacial score (nSPS) is 23.2. The number of halogens is 1. The summed E-state index contributed by atoms with van der Waals surface area (Å²) in [5.74, 6) is -0.404. The van der Waals surface area contributed by atoms with Crippen molar-refractivity contribution in [2.45, 2.75) is 50.1 Å². The Balaban J connectivity index is 2.19. The maximum absolute atomic E-state index is 14.1. The van der Waals surface area contributed by atoms with E-state index in [2.05, 4.69) is 10.0 Å². The Morgan fingerprint density at radius 1 is 1.29 bits per heavy atom. The molecule has 0 bridgehead atoms. The summed E-state index contributed by atoms with van der Waals surface area (Å²) in [5, 5.41) is 2.91. The minimum Gasteiger partial charge on any atom is -0.316 e. The van der Waals surface area contributed by atoms with Crippen molar-refractivity contribution in [1.82, 2.24) is 10.0 Å². The largest absolute Gasteiger partial charge is 0.316 e. The van der Waals surface area contributed by atoms with Gasteiger partial charge in [0.1, 0.15) is 10.7 Å². The van der Waals surface area contributed by atoms with E-state index in [0.717, 1.165) is 31.2 Å². The molecule has 0 aliphatic heterocycles. The molecule has 1 aromatic rings. The predicted molar refractivity (Wildman–Crippen MR) is 80.9 cm³/mol. The molecule has 2 atom stereocenters. The highest BCUT2D eigenvalue weighted by Gasteiger charge is 2.28. The summed E-state index contributed by atoms with van der Waals surface area (Å²) in [6, 6.07) is 4.16. The zero-order valence-electron chi connectivity index (χ0n) is 12.5. The van der Waals surface area contributed by atoms with E-state index < -0.39 is 15.8 Å². The molecule has 0 aromatic heterocycles. The first-order valence-electron chi connectivity index (χ1n) is 7.39. The summed E-state index contributed by atoms with van der Waals surface area (Å²) < 4.78 is 41.5. The third-order valence-corrected chi connectivity index (χ3v) is 5.61. The lowest BCUT2D eigenvalue weighted by molar-refractivity contribution is 0.310. The summed E-state index contributed by atoms with van der Waals surface area (Å²) in [6.07, 6.45) is 3.98. The summed E-state index contributed by atoms with van der Waals surface area (Å²) in [5.41, 5.74) is 0.722. The lowest BCUT2D eigenvalue weighted by Gasteiger charge is -2.29. The van der Waals surface area contributed by atoms with E-state index in [4.69, 9.17) is 0 Å². The molecule has 0 heterocycles. The van der Waals surface area contributed by atoms with Crippen LogP contribution in [-0.2, 0) is 16.6 Å². The van der Waals surface area contributed by atoms with Crippen LogP contribution in [-0.4, -0.2) is 21.5 Å². The predicted octanol–water partition coefficient (Wildman–Crippen LogP) is 2.40. The Hall–Kier alpha value is -0.980. The van der Waals surface area contributed by atoms with Gasteiger partial charge in [0.05, 0.1) is 0 Å². The van der Waals surface area contributed by atoms with Gasteiger partial charge in [-0.25, -0.2) is 17.5 Å². The Morgan fingerprint density at radius 3 is 2.62 bits per heavy atom. The SMILES string of the molecule is CNCc1ccc(S(=O)(=O)NC2CCCCC2C)c(F)c1. The van der Waals surface area contributed by atoms with Crippen molar-refractivity contribution in [2.24, 2.45) is 5.92 Å². The molecule has 4 nitrogen and oxygen atoms in total. The zero-order valence-corrected chi connectivity index (χ0v) is 13.3. The first kappa shape index (κ1) is 16.4. The summed E-state index contributed by atoms with van der Waals surface area (Å²) in [4.78, 5) is -0.264. The Morgan fingerprint density at radius 2 is 2.00 bits per heavy atom. The lowest BCUT2D eigenvalue weighted by Crippen LogP contribution is -2.41. The van der Waals surface area contributed by atoms with Gasteiger partial charge in [0, 0.05) is 12.6 Å². The van der Waals surface area contributed by atoms with Crippen molar-refractivity contribution >= 4 is 10.0 Å². The maximum Gasteiger partial charge on any atom is 0.243 e. The Bertz CT molecular complexity index is 589. The van der Waals surface area contributed by atoms with E-state index >= 15 is 0 Å². The van der Waals surface area contributed by atoms with Gasteiger partial charge in [-0.2, -0.15) is 0 Å². The van der Waals surface area contributed by atoms with Crippen LogP contribution in [0.1, 0.15) is 38.2 Å². The van der Waals surface area contributed by atoms with Gasteiger partial charge in [-0.15, -0.1) is 0 Å². The molecule has 1 aromatic carbocycles. The second kappa shape index (κ2) is 6.85. The molecule has 1 aliphatic rings. The van der Waals surface area contributed by atoms with E-state index in [-0.39, 0.29) is 10.9 Å². The van der Waals surface area contributed by atoms with E-state index in [1.807, 2.05) is 6.92 Å². The van der Waals surface area contributed by atoms with Gasteiger partial charge in [0.25, 0.3) is 0 Å². The molecular formula is C15H23FN2O2S. The number of hydrogen-bond donors (Lipinski definition) is 2. The van der Waals surface area contributed by atoms with Crippen molar-refractivity contribution in [2.75, 3.05) is 7.05 Å². The molecule has 21 heavy (non-hydrogen) atoms. The summed E-state index contributed by atoms with van der Waals surface area (Å²) in [7, 11) is -2.04. The van der Waals surface area contributed by atoms with Crippen molar-refractivity contribution in [1.29, 1.82) is 0 Å². The molecule has 118 valence electrons. The molecule has 1 saturated carbocycles. The molecule has 0 saturated heterocycles. The van der Waals surface area contributed by atoms with Gasteiger partial charge in [-0.3, -0.25) is 0 Å². The van der Waals surface area contributed by atoms with Crippen molar-refractivity contribution in [3.63, 3.8) is 0 Å². The number of benzene rings is 1. The molecule has 2 rings (SSSR count). The minimum absolute atomic E-state index is 0.0971. The number of sulfonamides is 1. The van der Waals surface area contributed by atoms with Crippen LogP contribution in [0.5, 0.6) is 0 Å². The van der Waals surface area contributed by atoms with Gasteiger partial charge in [-0.1, -0.05) is 25.8 Å². The van der Waals surface area contributed by atoms with Gasteiger partial charge >= 0.3 is 0 Å². The third kappa shape index (κ3) is 4.02. The monoisotopic (exact) mass is 314 g/mol. The molecule has 1 fully saturated rings. The molecule has 1 aliphatic carbocycles. The molecule has 0 amide bonds. The number of hydrogen-bond acceptors (Lipinski definition) is 3. The maximum atomic E-state index is 14.1. The Kier molecular flexibility index (Phi) is 5.35. The first-order valence-corrected chi connectivity index (χ1v) is 8.87. The van der Waals surface area contributed by atoms with Crippen LogP contribution in [0.3, 0.4) is 0 Å². The quantitative estimate of drug-likeness (QED) is 0.877. The second-order valence-electron chi connectivity index (χ2n) is 5.78. The van der Waals surface area contributed by atoms with Crippen molar-refractivity contribution in [3.8, 4) is 0 Å². The van der Waals surface area contributed by atoms with Gasteiger partial charge in [0.15, 0.2) is 0 Å². The standard InChI is InChI=1S/C15H23FN2O2S/c1-11-5-3-4-6-14(11)18-21(19,20)15-8-7-12(10-17-2)9-13(15)16/h7-9,11,14,17-18H,3-6,10H2,1-2H3. The van der Waals surface area contributed by atoms with Gasteiger partial charge in [0.2, 0.25) is 10.0 Å². The van der Waals surface area contributed by atoms with Gasteiger partial charge in [-0.05, 0) is 43.5 Å². The average Bonchev–Trinajstić information content (AvgIpc) is 2.41. The first-order chi connectivity index (χ1) is 9.94. The highest BCUT2D eigenvalue weighted by atomic mass is 32.2. The topological polar surface area (TPSA) is 58.2 Å². The van der Waals surface area contributed by atoms with Crippen LogP contribution in [0.25, 0.3) is 0 Å². The van der Waals surface area contributed by atoms with E-state index in [9.17, 15) is 12.8 Å². The highest BCUT2D eigenvalue weighted by molar-refractivity contribution is 7.89.